The van der Waals surface area contributed by atoms with Crippen LogP contribution in [0.15, 0.2) is 60.9 Å². The van der Waals surface area contributed by atoms with Gasteiger partial charge in [-0.25, -0.2) is 9.37 Å². The summed E-state index contributed by atoms with van der Waals surface area (Å²) in [6.07, 6.45) is 2.40. The van der Waals surface area contributed by atoms with Crippen LogP contribution in [0.4, 0.5) is 17.6 Å². The molecule has 0 saturated heterocycles. The van der Waals surface area contributed by atoms with Crippen LogP contribution in [-0.4, -0.2) is 35.4 Å². The van der Waals surface area contributed by atoms with Gasteiger partial charge in [-0.3, -0.25) is 4.57 Å². The molecule has 190 valence electrons. The van der Waals surface area contributed by atoms with Gasteiger partial charge >= 0.3 is 6.18 Å². The largest absolute Gasteiger partial charge is 0.496 e. The van der Waals surface area contributed by atoms with E-state index in [-0.39, 0.29) is 24.3 Å². The first-order valence-corrected chi connectivity index (χ1v) is 11.9. The van der Waals surface area contributed by atoms with Gasteiger partial charge in [-0.2, -0.15) is 13.2 Å². The van der Waals surface area contributed by atoms with Gasteiger partial charge in [0, 0.05) is 29.6 Å². The van der Waals surface area contributed by atoms with E-state index in [9.17, 15) is 17.6 Å². The molecule has 2 heterocycles. The van der Waals surface area contributed by atoms with E-state index < -0.39 is 17.6 Å². The maximum absolute atomic E-state index is 13.7. The van der Waals surface area contributed by atoms with Gasteiger partial charge in [0.05, 0.1) is 19.3 Å². The number of benzene rings is 2. The fraction of sp³-hybridized carbons (Fsp3) is 0.370. The van der Waals surface area contributed by atoms with Gasteiger partial charge < -0.3 is 15.2 Å². The van der Waals surface area contributed by atoms with Crippen molar-refractivity contribution in [3.05, 3.63) is 83.7 Å². The molecule has 1 aliphatic heterocycles. The molecule has 1 spiro atoms. The molecule has 3 unspecified atom stereocenters. The number of rotatable bonds is 6. The van der Waals surface area contributed by atoms with Gasteiger partial charge in [0.2, 0.25) is 5.82 Å². The number of nitrogens with zero attached hydrogens (tertiary/aromatic N) is 2. The van der Waals surface area contributed by atoms with E-state index in [0.29, 0.717) is 23.5 Å². The highest BCUT2D eigenvalue weighted by Gasteiger charge is 2.51. The molecule has 36 heavy (non-hydrogen) atoms. The first kappa shape index (κ1) is 24.5. The Hall–Kier alpha value is -3.17. The average Bonchev–Trinajstić information content (AvgIpc) is 3.59. The third kappa shape index (κ3) is 4.30. The van der Waals surface area contributed by atoms with Crippen molar-refractivity contribution >= 4 is 5.57 Å². The monoisotopic (exact) mass is 501 g/mol. The Balaban J connectivity index is 1.57. The summed E-state index contributed by atoms with van der Waals surface area (Å²) in [4.78, 5) is 3.50. The van der Waals surface area contributed by atoms with Gasteiger partial charge in [-0.15, -0.1) is 0 Å². The summed E-state index contributed by atoms with van der Waals surface area (Å²) in [6.45, 7) is 0.820. The predicted octanol–water partition coefficient (Wildman–Crippen LogP) is 5.73. The maximum Gasteiger partial charge on any atom is 0.450 e. The van der Waals surface area contributed by atoms with Crippen LogP contribution in [0.25, 0.3) is 11.3 Å². The fourth-order valence-electron chi connectivity index (χ4n) is 5.77. The van der Waals surface area contributed by atoms with Crippen molar-refractivity contribution in [2.45, 2.75) is 37.0 Å². The molecule has 2 aromatic carbocycles. The molecule has 5 nitrogen and oxygen atoms in total. The van der Waals surface area contributed by atoms with Crippen molar-refractivity contribution in [3.8, 4) is 11.4 Å². The summed E-state index contributed by atoms with van der Waals surface area (Å²) in [5, 5.41) is 0. The van der Waals surface area contributed by atoms with E-state index in [1.807, 2.05) is 0 Å². The zero-order valence-corrected chi connectivity index (χ0v) is 19.8. The molecule has 0 radical (unpaired) electrons. The first-order chi connectivity index (χ1) is 17.3. The Kier molecular flexibility index (Phi) is 6.38. The van der Waals surface area contributed by atoms with Crippen LogP contribution < -0.4 is 10.5 Å². The Morgan fingerprint density at radius 3 is 2.67 bits per heavy atom. The molecule has 1 saturated carbocycles. The van der Waals surface area contributed by atoms with Crippen molar-refractivity contribution in [1.29, 1.82) is 0 Å². The summed E-state index contributed by atoms with van der Waals surface area (Å²) in [5.41, 5.74) is 8.09. The summed E-state index contributed by atoms with van der Waals surface area (Å²) >= 11 is 0. The van der Waals surface area contributed by atoms with Crippen LogP contribution in [0, 0.1) is 11.7 Å². The Bertz CT molecular complexity index is 1270. The summed E-state index contributed by atoms with van der Waals surface area (Å²) in [5.74, 6) is -0.509. The number of nitrogens with two attached hydrogens (primary N) is 1. The first-order valence-electron chi connectivity index (χ1n) is 11.9. The van der Waals surface area contributed by atoms with E-state index in [1.54, 1.807) is 30.3 Å². The molecule has 0 bridgehead atoms. The number of methoxy groups -OCH3 is 1. The third-order valence-electron chi connectivity index (χ3n) is 7.29. The highest BCUT2D eigenvalue weighted by molar-refractivity contribution is 5.75. The van der Waals surface area contributed by atoms with Gasteiger partial charge in [0.15, 0.2) is 0 Å². The molecule has 1 fully saturated rings. The molecule has 3 atom stereocenters. The van der Waals surface area contributed by atoms with Crippen molar-refractivity contribution in [2.75, 3.05) is 20.3 Å². The van der Waals surface area contributed by atoms with E-state index in [1.165, 1.54) is 25.4 Å². The van der Waals surface area contributed by atoms with Crippen LogP contribution in [0.5, 0.6) is 5.75 Å². The molecule has 5 rings (SSSR count). The lowest BCUT2D eigenvalue weighted by atomic mass is 9.78. The molecule has 2 N–H and O–H groups in total. The van der Waals surface area contributed by atoms with E-state index in [2.05, 4.69) is 11.1 Å². The van der Waals surface area contributed by atoms with E-state index in [4.69, 9.17) is 15.2 Å². The SMILES string of the molecule is COc1ccc(-n2ccnc2C(F)(F)F)cc1C1=CC2(CCC(CCN)C2c2ccc(F)cc2)OC1. The number of ether oxygens (including phenoxy) is 2. The smallest absolute Gasteiger partial charge is 0.450 e. The van der Waals surface area contributed by atoms with E-state index >= 15 is 0 Å². The highest BCUT2D eigenvalue weighted by atomic mass is 19.4. The molecule has 1 aromatic heterocycles. The van der Waals surface area contributed by atoms with Gasteiger partial charge in [0.25, 0.3) is 0 Å². The summed E-state index contributed by atoms with van der Waals surface area (Å²) in [7, 11) is 1.52. The van der Waals surface area contributed by atoms with Crippen molar-refractivity contribution in [2.24, 2.45) is 11.7 Å². The van der Waals surface area contributed by atoms with Gasteiger partial charge in [-0.1, -0.05) is 12.1 Å². The maximum atomic E-state index is 13.7. The second-order valence-electron chi connectivity index (χ2n) is 9.32. The van der Waals surface area contributed by atoms with Crippen LogP contribution in [0.3, 0.4) is 0 Å². The highest BCUT2D eigenvalue weighted by Crippen LogP contribution is 2.54. The Labute approximate surface area is 206 Å². The van der Waals surface area contributed by atoms with Crippen LogP contribution in [0.2, 0.25) is 0 Å². The number of aromatic nitrogens is 2. The minimum atomic E-state index is -4.59. The molecule has 9 heteroatoms. The predicted molar refractivity (Wildman–Crippen MR) is 127 cm³/mol. The van der Waals surface area contributed by atoms with Crippen LogP contribution >= 0.6 is 0 Å². The van der Waals surface area contributed by atoms with Crippen molar-refractivity contribution in [1.82, 2.24) is 9.55 Å². The second-order valence-corrected chi connectivity index (χ2v) is 9.32. The minimum absolute atomic E-state index is 0.0150. The Morgan fingerprint density at radius 2 is 1.97 bits per heavy atom. The molecule has 1 aliphatic carbocycles. The lowest BCUT2D eigenvalue weighted by Gasteiger charge is -2.32. The lowest BCUT2D eigenvalue weighted by molar-refractivity contribution is -0.145. The molecule has 2 aliphatic rings. The zero-order chi connectivity index (χ0) is 25.5. The zero-order valence-electron chi connectivity index (χ0n) is 19.8. The lowest BCUT2D eigenvalue weighted by Crippen LogP contribution is -2.32. The summed E-state index contributed by atoms with van der Waals surface area (Å²) in [6, 6.07) is 11.4. The van der Waals surface area contributed by atoms with Crippen LogP contribution in [0.1, 0.15) is 42.1 Å². The second kappa shape index (κ2) is 9.37. The number of halogens is 4. The number of hydrogen-bond acceptors (Lipinski definition) is 4. The number of imidazole rings is 1. The van der Waals surface area contributed by atoms with Gasteiger partial charge in [0.1, 0.15) is 11.6 Å². The number of alkyl halides is 3. The molecular weight excluding hydrogens is 474 g/mol. The number of hydrogen-bond donors (Lipinski definition) is 1. The standard InChI is InChI=1S/C27H27F4N3O2/c1-35-23-7-6-21(34-13-12-33-25(34)27(29,30)31)14-22(23)19-15-26(36-16-19)10-8-18(9-11-32)24(26)17-2-4-20(28)5-3-17/h2-7,12-15,18,24H,8-11,16,32H2,1H3. The quantitative estimate of drug-likeness (QED) is 0.438. The molecule has 3 aromatic rings. The average molecular weight is 502 g/mol. The third-order valence-corrected chi connectivity index (χ3v) is 7.29. The fourth-order valence-corrected chi connectivity index (χ4v) is 5.77. The molecule has 0 amide bonds. The van der Waals surface area contributed by atoms with Crippen molar-refractivity contribution < 1.29 is 27.0 Å². The minimum Gasteiger partial charge on any atom is -0.496 e. The molecular formula is C27H27F4N3O2. The van der Waals surface area contributed by atoms with E-state index in [0.717, 1.165) is 41.2 Å². The van der Waals surface area contributed by atoms with Crippen molar-refractivity contribution in [3.63, 3.8) is 0 Å². The Morgan fingerprint density at radius 1 is 1.19 bits per heavy atom. The van der Waals surface area contributed by atoms with Crippen LogP contribution in [-0.2, 0) is 10.9 Å². The topological polar surface area (TPSA) is 62.3 Å². The summed E-state index contributed by atoms with van der Waals surface area (Å²) < 4.78 is 67.1. The normalized spacial score (nSPS) is 23.9. The van der Waals surface area contributed by atoms with Gasteiger partial charge in [-0.05, 0) is 79.3 Å².